The topological polar surface area (TPSA) is 12.5 Å². The molecule has 0 aliphatic carbocycles. The van der Waals surface area contributed by atoms with Crippen LogP contribution in [0.1, 0.15) is 39.5 Å². The fraction of sp³-hybridized carbons (Fsp3) is 1.00. The standard InChI is InChI=1S/C12H24BrNO/c1-12(2,10-13)14(3)8-4-6-11-7-5-9-15-11/h11H,4-10H2,1-3H3. The van der Waals surface area contributed by atoms with Gasteiger partial charge >= 0.3 is 0 Å². The molecule has 1 saturated heterocycles. The van der Waals surface area contributed by atoms with Gasteiger partial charge in [0.25, 0.3) is 0 Å². The van der Waals surface area contributed by atoms with Crippen molar-refractivity contribution in [1.29, 1.82) is 0 Å². The number of rotatable bonds is 6. The molecule has 1 aliphatic heterocycles. The summed E-state index contributed by atoms with van der Waals surface area (Å²) in [4.78, 5) is 2.43. The van der Waals surface area contributed by atoms with Crippen LogP contribution in [0.2, 0.25) is 0 Å². The maximum absolute atomic E-state index is 5.62. The Morgan fingerprint density at radius 1 is 1.47 bits per heavy atom. The van der Waals surface area contributed by atoms with Crippen molar-refractivity contribution in [1.82, 2.24) is 4.90 Å². The van der Waals surface area contributed by atoms with E-state index in [4.69, 9.17) is 4.74 Å². The minimum absolute atomic E-state index is 0.260. The number of ether oxygens (including phenoxy) is 1. The lowest BCUT2D eigenvalue weighted by molar-refractivity contribution is 0.0947. The maximum atomic E-state index is 5.62. The molecule has 1 aliphatic rings. The first-order valence-corrected chi connectivity index (χ1v) is 7.07. The third kappa shape index (κ3) is 4.41. The highest BCUT2D eigenvalue weighted by Crippen LogP contribution is 2.19. The van der Waals surface area contributed by atoms with E-state index in [1.165, 1.54) is 32.2 Å². The van der Waals surface area contributed by atoms with E-state index in [1.807, 2.05) is 0 Å². The van der Waals surface area contributed by atoms with Crippen molar-refractivity contribution in [3.63, 3.8) is 0 Å². The fourth-order valence-corrected chi connectivity index (χ4v) is 2.26. The summed E-state index contributed by atoms with van der Waals surface area (Å²) in [5, 5.41) is 1.02. The van der Waals surface area contributed by atoms with Gasteiger partial charge in [0.1, 0.15) is 0 Å². The molecule has 90 valence electrons. The van der Waals surface area contributed by atoms with Crippen LogP contribution < -0.4 is 0 Å². The van der Waals surface area contributed by atoms with Crippen LogP contribution in [0.3, 0.4) is 0 Å². The predicted octanol–water partition coefficient (Wildman–Crippen LogP) is 3.05. The van der Waals surface area contributed by atoms with E-state index in [2.05, 4.69) is 41.7 Å². The van der Waals surface area contributed by atoms with Gasteiger partial charge in [0, 0.05) is 17.5 Å². The minimum Gasteiger partial charge on any atom is -0.378 e. The Bertz CT molecular complexity index is 178. The lowest BCUT2D eigenvalue weighted by atomic mass is 10.1. The largest absolute Gasteiger partial charge is 0.378 e. The van der Waals surface area contributed by atoms with Gasteiger partial charge < -0.3 is 9.64 Å². The molecule has 0 aromatic heterocycles. The van der Waals surface area contributed by atoms with Gasteiger partial charge in [0.05, 0.1) is 6.10 Å². The van der Waals surface area contributed by atoms with Crippen LogP contribution in [0.25, 0.3) is 0 Å². The second kappa shape index (κ2) is 6.21. The summed E-state index contributed by atoms with van der Waals surface area (Å²) in [5.41, 5.74) is 0.260. The molecule has 1 rings (SSSR count). The number of alkyl halides is 1. The summed E-state index contributed by atoms with van der Waals surface area (Å²) in [7, 11) is 2.21. The highest BCUT2D eigenvalue weighted by atomic mass is 79.9. The normalized spacial score (nSPS) is 22.6. The van der Waals surface area contributed by atoms with E-state index in [0.717, 1.165) is 11.9 Å². The van der Waals surface area contributed by atoms with Gasteiger partial charge in [-0.15, -0.1) is 0 Å². The molecule has 0 radical (unpaired) electrons. The molecule has 0 saturated carbocycles. The molecule has 0 aromatic rings. The second-order valence-electron chi connectivity index (χ2n) is 5.14. The van der Waals surface area contributed by atoms with Crippen molar-refractivity contribution in [3.8, 4) is 0 Å². The number of hydrogen-bond acceptors (Lipinski definition) is 2. The Morgan fingerprint density at radius 3 is 2.73 bits per heavy atom. The number of halogens is 1. The summed E-state index contributed by atoms with van der Waals surface area (Å²) >= 11 is 3.56. The molecule has 0 N–H and O–H groups in total. The van der Waals surface area contributed by atoms with Gasteiger partial charge in [-0.3, -0.25) is 0 Å². The lowest BCUT2D eigenvalue weighted by Crippen LogP contribution is -2.43. The molecule has 0 bridgehead atoms. The molecular weight excluding hydrogens is 254 g/mol. The highest BCUT2D eigenvalue weighted by molar-refractivity contribution is 9.09. The molecule has 15 heavy (non-hydrogen) atoms. The van der Waals surface area contributed by atoms with Gasteiger partial charge in [0.2, 0.25) is 0 Å². The van der Waals surface area contributed by atoms with Crippen LogP contribution >= 0.6 is 15.9 Å². The summed E-state index contributed by atoms with van der Waals surface area (Å²) in [5.74, 6) is 0. The Balaban J connectivity index is 2.13. The van der Waals surface area contributed by atoms with Crippen LogP contribution in [0.4, 0.5) is 0 Å². The van der Waals surface area contributed by atoms with E-state index in [0.29, 0.717) is 6.10 Å². The van der Waals surface area contributed by atoms with E-state index >= 15 is 0 Å². The molecule has 0 spiro atoms. The zero-order valence-electron chi connectivity index (χ0n) is 10.3. The van der Waals surface area contributed by atoms with Crippen molar-refractivity contribution >= 4 is 15.9 Å². The maximum Gasteiger partial charge on any atom is 0.0576 e. The number of nitrogens with zero attached hydrogens (tertiary/aromatic N) is 1. The zero-order chi connectivity index (χ0) is 11.3. The van der Waals surface area contributed by atoms with Crippen LogP contribution in [0, 0.1) is 0 Å². The average molecular weight is 278 g/mol. The van der Waals surface area contributed by atoms with E-state index in [1.54, 1.807) is 0 Å². The number of hydrogen-bond donors (Lipinski definition) is 0. The molecule has 3 heteroatoms. The van der Waals surface area contributed by atoms with Crippen LogP contribution in [0.15, 0.2) is 0 Å². The van der Waals surface area contributed by atoms with E-state index < -0.39 is 0 Å². The monoisotopic (exact) mass is 277 g/mol. The van der Waals surface area contributed by atoms with Gasteiger partial charge in [-0.25, -0.2) is 0 Å². The molecule has 1 fully saturated rings. The highest BCUT2D eigenvalue weighted by Gasteiger charge is 2.22. The summed E-state index contributed by atoms with van der Waals surface area (Å²) < 4.78 is 5.62. The first-order valence-electron chi connectivity index (χ1n) is 5.95. The second-order valence-corrected chi connectivity index (χ2v) is 5.71. The summed E-state index contributed by atoms with van der Waals surface area (Å²) in [6, 6.07) is 0. The first kappa shape index (κ1) is 13.5. The van der Waals surface area contributed by atoms with Gasteiger partial charge in [0.15, 0.2) is 0 Å². The fourth-order valence-electron chi connectivity index (χ4n) is 1.83. The predicted molar refractivity (Wildman–Crippen MR) is 68.7 cm³/mol. The van der Waals surface area contributed by atoms with Crippen molar-refractivity contribution in [2.45, 2.75) is 51.2 Å². The third-order valence-corrected chi connectivity index (χ3v) is 4.78. The van der Waals surface area contributed by atoms with Crippen LogP contribution in [-0.2, 0) is 4.74 Å². The van der Waals surface area contributed by atoms with Gasteiger partial charge in [-0.05, 0) is 53.1 Å². The summed E-state index contributed by atoms with van der Waals surface area (Å²) in [6.07, 6.45) is 5.55. The molecular formula is C12H24BrNO. The van der Waals surface area contributed by atoms with Crippen molar-refractivity contribution < 1.29 is 4.74 Å². The quantitative estimate of drug-likeness (QED) is 0.692. The van der Waals surface area contributed by atoms with E-state index in [9.17, 15) is 0 Å². The molecule has 2 nitrogen and oxygen atoms in total. The summed E-state index contributed by atoms with van der Waals surface area (Å²) in [6.45, 7) is 6.69. The van der Waals surface area contributed by atoms with Crippen molar-refractivity contribution in [3.05, 3.63) is 0 Å². The SMILES string of the molecule is CN(CCCC1CCCO1)C(C)(C)CBr. The lowest BCUT2D eigenvalue weighted by Gasteiger charge is -2.34. The molecule has 1 unspecified atom stereocenters. The molecule has 1 atom stereocenters. The molecule has 1 heterocycles. The Hall–Kier alpha value is 0.400. The zero-order valence-corrected chi connectivity index (χ0v) is 11.8. The Morgan fingerprint density at radius 2 is 2.20 bits per heavy atom. The minimum atomic E-state index is 0.260. The average Bonchev–Trinajstić information content (AvgIpc) is 2.70. The Labute approximate surface area is 102 Å². The molecule has 0 amide bonds. The first-order chi connectivity index (χ1) is 7.06. The van der Waals surface area contributed by atoms with Gasteiger partial charge in [-0.1, -0.05) is 15.9 Å². The van der Waals surface area contributed by atoms with E-state index in [-0.39, 0.29) is 5.54 Å². The van der Waals surface area contributed by atoms with Crippen molar-refractivity contribution in [2.75, 3.05) is 25.5 Å². The van der Waals surface area contributed by atoms with Crippen LogP contribution in [0.5, 0.6) is 0 Å². The molecule has 0 aromatic carbocycles. The smallest absolute Gasteiger partial charge is 0.0576 e. The van der Waals surface area contributed by atoms with Gasteiger partial charge in [-0.2, -0.15) is 0 Å². The van der Waals surface area contributed by atoms with Crippen molar-refractivity contribution in [2.24, 2.45) is 0 Å². The Kier molecular flexibility index (Phi) is 5.58. The van der Waals surface area contributed by atoms with Crippen LogP contribution in [-0.4, -0.2) is 42.1 Å². The third-order valence-electron chi connectivity index (χ3n) is 3.40.